The van der Waals surface area contributed by atoms with Crippen LogP contribution in [-0.4, -0.2) is 52.4 Å². The molecule has 116 valence electrons. The summed E-state index contributed by atoms with van der Waals surface area (Å²) in [5.74, 6) is 0.171. The largest absolute Gasteiger partial charge is 0.339 e. The molecular weight excluding hydrogens is 284 g/mol. The Morgan fingerprint density at radius 1 is 1.33 bits per heavy atom. The number of piperazine rings is 1. The lowest BCUT2D eigenvalue weighted by molar-refractivity contribution is -0.138. The second-order valence-corrected chi connectivity index (χ2v) is 7.35. The highest BCUT2D eigenvalue weighted by Gasteiger charge is 2.40. The molecule has 1 aromatic rings. The lowest BCUT2D eigenvalue weighted by Crippen LogP contribution is -2.58. The molecule has 1 aromatic heterocycles. The van der Waals surface area contributed by atoms with Crippen molar-refractivity contribution < 1.29 is 4.79 Å². The number of rotatable bonds is 3. The number of amides is 1. The number of hydrogen-bond donors (Lipinski definition) is 1. The third-order valence-electron chi connectivity index (χ3n) is 4.63. The molecule has 2 heterocycles. The molecule has 0 unspecified atom stereocenters. The van der Waals surface area contributed by atoms with Crippen LogP contribution in [0.2, 0.25) is 0 Å². The fourth-order valence-electron chi connectivity index (χ4n) is 3.35. The summed E-state index contributed by atoms with van der Waals surface area (Å²) in [5.41, 5.74) is 6.85. The number of thiazole rings is 1. The molecule has 0 bridgehead atoms. The van der Waals surface area contributed by atoms with Crippen LogP contribution in [0.25, 0.3) is 0 Å². The first kappa shape index (κ1) is 14.9. The summed E-state index contributed by atoms with van der Waals surface area (Å²) in [7, 11) is 0. The number of nitrogens with zero attached hydrogens (tertiary/aromatic N) is 3. The molecule has 2 N–H and O–H groups in total. The third-order valence-corrected chi connectivity index (χ3v) is 5.46. The number of aryl methyl sites for hydroxylation is 1. The lowest BCUT2D eigenvalue weighted by atomic mass is 9.97. The molecular formula is C15H24N4OS. The molecule has 1 saturated heterocycles. The first-order chi connectivity index (χ1) is 10.1. The summed E-state index contributed by atoms with van der Waals surface area (Å²) in [5, 5.41) is 3.24. The van der Waals surface area contributed by atoms with E-state index in [-0.39, 0.29) is 5.91 Å². The number of carbonyl (C=O) groups is 1. The highest BCUT2D eigenvalue weighted by molar-refractivity contribution is 7.09. The van der Waals surface area contributed by atoms with Crippen molar-refractivity contribution >= 4 is 17.2 Å². The van der Waals surface area contributed by atoms with Crippen molar-refractivity contribution in [1.82, 2.24) is 14.8 Å². The van der Waals surface area contributed by atoms with Gasteiger partial charge in [0.15, 0.2) is 0 Å². The summed E-state index contributed by atoms with van der Waals surface area (Å²) in [4.78, 5) is 21.4. The number of aromatic nitrogens is 1. The van der Waals surface area contributed by atoms with E-state index in [1.165, 1.54) is 0 Å². The molecule has 2 aliphatic rings. The zero-order valence-corrected chi connectivity index (χ0v) is 13.5. The van der Waals surface area contributed by atoms with E-state index in [1.54, 1.807) is 11.3 Å². The summed E-state index contributed by atoms with van der Waals surface area (Å²) < 4.78 is 0. The van der Waals surface area contributed by atoms with E-state index in [0.717, 1.165) is 69.1 Å². The smallest absolute Gasteiger partial charge is 0.242 e. The average Bonchev–Trinajstić information content (AvgIpc) is 3.09. The van der Waals surface area contributed by atoms with Gasteiger partial charge < -0.3 is 10.6 Å². The Hall–Kier alpha value is -0.980. The number of hydrogen-bond acceptors (Lipinski definition) is 5. The van der Waals surface area contributed by atoms with Gasteiger partial charge in [-0.05, 0) is 19.8 Å². The molecule has 2 fully saturated rings. The normalized spacial score (nSPS) is 22.7. The van der Waals surface area contributed by atoms with E-state index in [4.69, 9.17) is 5.73 Å². The van der Waals surface area contributed by atoms with E-state index in [9.17, 15) is 4.79 Å². The van der Waals surface area contributed by atoms with Crippen molar-refractivity contribution in [3.8, 4) is 0 Å². The van der Waals surface area contributed by atoms with Gasteiger partial charge in [-0.2, -0.15) is 0 Å². The van der Waals surface area contributed by atoms with Gasteiger partial charge in [-0.1, -0.05) is 12.8 Å². The molecule has 6 heteroatoms. The Morgan fingerprint density at radius 3 is 2.57 bits per heavy atom. The average molecular weight is 308 g/mol. The van der Waals surface area contributed by atoms with Crippen LogP contribution in [0.3, 0.4) is 0 Å². The van der Waals surface area contributed by atoms with Gasteiger partial charge in [-0.25, -0.2) is 4.98 Å². The number of carbonyl (C=O) groups excluding carboxylic acids is 1. The fourth-order valence-corrected chi connectivity index (χ4v) is 3.96. The zero-order chi connectivity index (χ0) is 14.9. The predicted octanol–water partition coefficient (Wildman–Crippen LogP) is 1.37. The van der Waals surface area contributed by atoms with Crippen LogP contribution in [0.15, 0.2) is 5.38 Å². The van der Waals surface area contributed by atoms with Gasteiger partial charge in [-0.3, -0.25) is 9.69 Å². The maximum atomic E-state index is 12.6. The third kappa shape index (κ3) is 3.27. The molecule has 21 heavy (non-hydrogen) atoms. The van der Waals surface area contributed by atoms with Crippen LogP contribution >= 0.6 is 11.3 Å². The van der Waals surface area contributed by atoms with E-state index in [0.29, 0.717) is 0 Å². The minimum atomic E-state index is -0.575. The van der Waals surface area contributed by atoms with E-state index < -0.39 is 5.54 Å². The summed E-state index contributed by atoms with van der Waals surface area (Å²) in [6.45, 7) is 6.34. The first-order valence-corrected chi connectivity index (χ1v) is 8.66. The quantitative estimate of drug-likeness (QED) is 0.916. The zero-order valence-electron chi connectivity index (χ0n) is 12.7. The van der Waals surface area contributed by atoms with E-state index in [2.05, 4.69) is 15.3 Å². The number of nitrogens with two attached hydrogens (primary N) is 1. The fraction of sp³-hybridized carbons (Fsp3) is 0.733. The lowest BCUT2D eigenvalue weighted by Gasteiger charge is -2.38. The van der Waals surface area contributed by atoms with Crippen LogP contribution in [-0.2, 0) is 11.3 Å². The highest BCUT2D eigenvalue weighted by atomic mass is 32.1. The van der Waals surface area contributed by atoms with E-state index in [1.807, 2.05) is 11.8 Å². The molecule has 1 aliphatic heterocycles. The second-order valence-electron chi connectivity index (χ2n) is 6.29. The van der Waals surface area contributed by atoms with Gasteiger partial charge in [0.1, 0.15) is 0 Å². The van der Waals surface area contributed by atoms with Crippen LogP contribution in [0.5, 0.6) is 0 Å². The molecule has 0 radical (unpaired) electrons. The standard InChI is InChI=1S/C15H24N4OS/c1-12-17-13(11-21-12)10-18-6-8-19(9-7-18)14(20)15(16)4-2-3-5-15/h11H,2-10,16H2,1H3. The summed E-state index contributed by atoms with van der Waals surface area (Å²) >= 11 is 1.70. The Bertz CT molecular complexity index is 502. The van der Waals surface area contributed by atoms with Crippen LogP contribution in [0.4, 0.5) is 0 Å². The second kappa shape index (κ2) is 6.02. The molecule has 1 saturated carbocycles. The van der Waals surface area contributed by atoms with Crippen molar-refractivity contribution in [3.63, 3.8) is 0 Å². The highest BCUT2D eigenvalue weighted by Crippen LogP contribution is 2.29. The maximum absolute atomic E-state index is 12.6. The maximum Gasteiger partial charge on any atom is 0.242 e. The van der Waals surface area contributed by atoms with Crippen LogP contribution in [0, 0.1) is 6.92 Å². The molecule has 0 atom stereocenters. The van der Waals surface area contributed by atoms with Crippen LogP contribution in [0.1, 0.15) is 36.4 Å². The van der Waals surface area contributed by atoms with Gasteiger partial charge >= 0.3 is 0 Å². The van der Waals surface area contributed by atoms with Crippen molar-refractivity contribution in [2.45, 2.75) is 44.7 Å². The van der Waals surface area contributed by atoms with Crippen molar-refractivity contribution in [2.75, 3.05) is 26.2 Å². The van der Waals surface area contributed by atoms with Gasteiger partial charge in [0.2, 0.25) is 5.91 Å². The molecule has 1 aliphatic carbocycles. The minimum absolute atomic E-state index is 0.171. The monoisotopic (exact) mass is 308 g/mol. The molecule has 0 aromatic carbocycles. The topological polar surface area (TPSA) is 62.5 Å². The molecule has 1 amide bonds. The van der Waals surface area contributed by atoms with Crippen molar-refractivity contribution in [1.29, 1.82) is 0 Å². The Labute approximate surface area is 130 Å². The summed E-state index contributed by atoms with van der Waals surface area (Å²) in [6, 6.07) is 0. The van der Waals surface area contributed by atoms with Gasteiger partial charge in [-0.15, -0.1) is 11.3 Å². The Kier molecular flexibility index (Phi) is 4.28. The van der Waals surface area contributed by atoms with Gasteiger partial charge in [0.05, 0.1) is 16.2 Å². The predicted molar refractivity (Wildman–Crippen MR) is 84.1 cm³/mol. The van der Waals surface area contributed by atoms with Crippen LogP contribution < -0.4 is 5.73 Å². The van der Waals surface area contributed by atoms with Gasteiger partial charge in [0.25, 0.3) is 0 Å². The summed E-state index contributed by atoms with van der Waals surface area (Å²) in [6.07, 6.45) is 3.88. The first-order valence-electron chi connectivity index (χ1n) is 7.78. The molecule has 3 rings (SSSR count). The van der Waals surface area contributed by atoms with Crippen molar-refractivity contribution in [3.05, 3.63) is 16.1 Å². The Morgan fingerprint density at radius 2 is 2.00 bits per heavy atom. The minimum Gasteiger partial charge on any atom is -0.339 e. The van der Waals surface area contributed by atoms with Crippen molar-refractivity contribution in [2.24, 2.45) is 5.73 Å². The van der Waals surface area contributed by atoms with E-state index >= 15 is 0 Å². The van der Waals surface area contributed by atoms with Gasteiger partial charge in [0, 0.05) is 38.1 Å². The molecule has 0 spiro atoms. The molecule has 5 nitrogen and oxygen atoms in total. The Balaban J connectivity index is 1.52. The SMILES string of the molecule is Cc1nc(CN2CCN(C(=O)C3(N)CCCC3)CC2)cs1.